The van der Waals surface area contributed by atoms with Crippen molar-refractivity contribution in [3.63, 3.8) is 0 Å². The third kappa shape index (κ3) is 3.71. The van der Waals surface area contributed by atoms with Crippen molar-refractivity contribution in [3.05, 3.63) is 90.1 Å². The first-order valence-electron chi connectivity index (χ1n) is 11.5. The molecule has 0 bridgehead atoms. The van der Waals surface area contributed by atoms with Gasteiger partial charge in [0.1, 0.15) is 5.75 Å². The summed E-state index contributed by atoms with van der Waals surface area (Å²) in [5, 5.41) is 1.03. The highest BCUT2D eigenvalue weighted by Crippen LogP contribution is 2.38. The number of carbonyl (C=O) groups excluding carboxylic acids is 2. The summed E-state index contributed by atoms with van der Waals surface area (Å²) in [4.78, 5) is 34.1. The molecule has 0 fully saturated rings. The van der Waals surface area contributed by atoms with E-state index in [9.17, 15) is 9.59 Å². The highest BCUT2D eigenvalue weighted by atomic mass is 16.5. The summed E-state index contributed by atoms with van der Waals surface area (Å²) in [6, 6.07) is 22.8. The van der Waals surface area contributed by atoms with Crippen LogP contribution in [0.5, 0.6) is 5.75 Å². The van der Waals surface area contributed by atoms with Crippen molar-refractivity contribution < 1.29 is 14.3 Å². The minimum atomic E-state index is -0.315. The fourth-order valence-electron chi connectivity index (χ4n) is 4.86. The smallest absolute Gasteiger partial charge is 0.258 e. The van der Waals surface area contributed by atoms with Gasteiger partial charge >= 0.3 is 0 Å². The first kappa shape index (κ1) is 21.8. The van der Waals surface area contributed by atoms with Crippen LogP contribution in [-0.2, 0) is 4.79 Å². The highest BCUT2D eigenvalue weighted by molar-refractivity contribution is 6.09. The van der Waals surface area contributed by atoms with Crippen LogP contribution in [0.4, 0.5) is 11.4 Å². The molecule has 34 heavy (non-hydrogen) atoms. The van der Waals surface area contributed by atoms with Gasteiger partial charge in [-0.15, -0.1) is 0 Å². The molecule has 2 amide bonds. The number of H-pyrrole nitrogens is 1. The molecule has 0 saturated carbocycles. The number of aromatic amines is 1. The number of anilines is 2. The lowest BCUT2D eigenvalue weighted by atomic mass is 9.88. The number of fused-ring (bicyclic) bond motifs is 2. The molecule has 172 valence electrons. The molecule has 0 saturated heterocycles. The molecule has 3 aromatic carbocycles. The number of aromatic nitrogens is 1. The third-order valence-corrected chi connectivity index (χ3v) is 6.57. The maximum atomic E-state index is 13.9. The van der Waals surface area contributed by atoms with Gasteiger partial charge in [0.05, 0.1) is 18.7 Å². The second-order valence-electron chi connectivity index (χ2n) is 8.38. The summed E-state index contributed by atoms with van der Waals surface area (Å²) < 4.78 is 5.21. The molecular formula is C28H27N3O3. The van der Waals surface area contributed by atoms with E-state index >= 15 is 0 Å². The number of para-hydroxylation sites is 1. The number of benzene rings is 3. The fraction of sp³-hybridized carbons (Fsp3) is 0.214. The van der Waals surface area contributed by atoms with E-state index < -0.39 is 0 Å². The number of hydrogen-bond acceptors (Lipinski definition) is 3. The van der Waals surface area contributed by atoms with E-state index in [1.807, 2.05) is 66.6 Å². The zero-order valence-corrected chi connectivity index (χ0v) is 19.3. The number of likely N-dealkylation sites (N-methyl/N-ethyl adjacent to an activating group) is 1. The second-order valence-corrected chi connectivity index (χ2v) is 8.38. The Bertz CT molecular complexity index is 1340. The van der Waals surface area contributed by atoms with Gasteiger partial charge < -0.3 is 19.5 Å². The van der Waals surface area contributed by atoms with Crippen LogP contribution >= 0.6 is 0 Å². The molecule has 5 rings (SSSR count). The summed E-state index contributed by atoms with van der Waals surface area (Å²) in [6.07, 6.45) is 2.46. The van der Waals surface area contributed by atoms with Crippen molar-refractivity contribution in [2.45, 2.75) is 19.3 Å². The lowest BCUT2D eigenvalue weighted by Crippen LogP contribution is -2.42. The Morgan fingerprint density at radius 3 is 2.59 bits per heavy atom. The Morgan fingerprint density at radius 2 is 1.82 bits per heavy atom. The average Bonchev–Trinajstić information content (AvgIpc) is 3.38. The van der Waals surface area contributed by atoms with Crippen LogP contribution in [0.15, 0.2) is 79.0 Å². The van der Waals surface area contributed by atoms with Crippen LogP contribution in [0.25, 0.3) is 10.9 Å². The Morgan fingerprint density at radius 1 is 1.03 bits per heavy atom. The number of hydrogen-bond donors (Lipinski definition) is 1. The molecule has 1 aliphatic rings. The quantitative estimate of drug-likeness (QED) is 0.442. The Labute approximate surface area is 198 Å². The molecule has 0 spiro atoms. The largest absolute Gasteiger partial charge is 0.497 e. The first-order valence-corrected chi connectivity index (χ1v) is 11.5. The van der Waals surface area contributed by atoms with E-state index in [1.54, 1.807) is 36.3 Å². The molecule has 0 unspecified atom stereocenters. The van der Waals surface area contributed by atoms with Gasteiger partial charge in [0.2, 0.25) is 5.91 Å². The monoisotopic (exact) mass is 453 g/mol. The van der Waals surface area contributed by atoms with Crippen molar-refractivity contribution in [2.24, 2.45) is 0 Å². The van der Waals surface area contributed by atoms with Crippen LogP contribution in [0.3, 0.4) is 0 Å². The molecule has 1 atom stereocenters. The Kier molecular flexibility index (Phi) is 5.80. The number of methoxy groups -OCH3 is 1. The molecule has 1 N–H and O–H groups in total. The maximum Gasteiger partial charge on any atom is 0.258 e. The molecule has 2 heterocycles. The van der Waals surface area contributed by atoms with Gasteiger partial charge in [-0.1, -0.05) is 24.3 Å². The number of nitrogens with one attached hydrogen (secondary N) is 1. The van der Waals surface area contributed by atoms with E-state index in [4.69, 9.17) is 4.74 Å². The second kappa shape index (κ2) is 9.06. The number of amides is 2. The maximum absolute atomic E-state index is 13.9. The van der Waals surface area contributed by atoms with Crippen molar-refractivity contribution in [3.8, 4) is 5.75 Å². The van der Waals surface area contributed by atoms with E-state index in [0.29, 0.717) is 30.8 Å². The molecule has 6 heteroatoms. The van der Waals surface area contributed by atoms with Crippen LogP contribution < -0.4 is 14.5 Å². The first-order chi connectivity index (χ1) is 16.6. The fourth-order valence-corrected chi connectivity index (χ4v) is 4.86. The predicted octanol–water partition coefficient (Wildman–Crippen LogP) is 5.36. The van der Waals surface area contributed by atoms with Gasteiger partial charge in [0, 0.05) is 41.4 Å². The lowest BCUT2D eigenvalue weighted by Gasteiger charge is -2.36. The Hall–Kier alpha value is -4.06. The van der Waals surface area contributed by atoms with E-state index in [0.717, 1.165) is 27.8 Å². The van der Waals surface area contributed by atoms with Gasteiger partial charge in [-0.25, -0.2) is 0 Å². The minimum Gasteiger partial charge on any atom is -0.497 e. The van der Waals surface area contributed by atoms with Gasteiger partial charge in [0.15, 0.2) is 0 Å². The number of carbonyl (C=O) groups is 2. The van der Waals surface area contributed by atoms with Crippen molar-refractivity contribution in [1.29, 1.82) is 0 Å². The summed E-state index contributed by atoms with van der Waals surface area (Å²) in [5.74, 6) is 0.370. The van der Waals surface area contributed by atoms with Gasteiger partial charge in [-0.05, 0) is 67.4 Å². The summed E-state index contributed by atoms with van der Waals surface area (Å²) in [5.41, 5.74) is 4.18. The molecule has 1 aromatic heterocycles. The third-order valence-electron chi connectivity index (χ3n) is 6.57. The highest BCUT2D eigenvalue weighted by Gasteiger charge is 2.35. The summed E-state index contributed by atoms with van der Waals surface area (Å²) >= 11 is 0. The molecule has 1 aliphatic heterocycles. The summed E-state index contributed by atoms with van der Waals surface area (Å²) in [7, 11) is 1.60. The molecule has 6 nitrogen and oxygen atoms in total. The zero-order valence-electron chi connectivity index (χ0n) is 19.3. The van der Waals surface area contributed by atoms with Gasteiger partial charge in [-0.2, -0.15) is 0 Å². The average molecular weight is 454 g/mol. The van der Waals surface area contributed by atoms with Crippen LogP contribution in [0, 0.1) is 0 Å². The molecule has 0 radical (unpaired) electrons. The number of nitrogens with zero attached hydrogens (tertiary/aromatic N) is 2. The standard InChI is InChI=1S/C28H27N3O3/c1-3-30(26-10-6-8-24-23(26)15-17-29-24)28(33)22-16-18-31(25-9-5-4-7-21(22)25)27(32)19-11-13-20(34-2)14-12-19/h4-15,17,22,29H,3,16,18H2,1-2H3/t22-/m0/s1. The predicted molar refractivity (Wildman–Crippen MR) is 135 cm³/mol. The van der Waals surface area contributed by atoms with Crippen molar-refractivity contribution in [1.82, 2.24) is 4.98 Å². The Balaban J connectivity index is 1.47. The van der Waals surface area contributed by atoms with Crippen molar-refractivity contribution in [2.75, 3.05) is 30.0 Å². The topological polar surface area (TPSA) is 65.6 Å². The van der Waals surface area contributed by atoms with Crippen LogP contribution in [0.2, 0.25) is 0 Å². The molecular weight excluding hydrogens is 426 g/mol. The van der Waals surface area contributed by atoms with E-state index in [1.165, 1.54) is 0 Å². The minimum absolute atomic E-state index is 0.0557. The number of ether oxygens (including phenoxy) is 1. The zero-order chi connectivity index (χ0) is 23.7. The molecule has 4 aromatic rings. The van der Waals surface area contributed by atoms with Crippen LogP contribution in [-0.4, -0.2) is 37.0 Å². The van der Waals surface area contributed by atoms with Gasteiger partial charge in [0.25, 0.3) is 5.91 Å². The van der Waals surface area contributed by atoms with Crippen molar-refractivity contribution >= 4 is 34.1 Å². The lowest BCUT2D eigenvalue weighted by molar-refractivity contribution is -0.120. The normalized spacial score (nSPS) is 15.1. The summed E-state index contributed by atoms with van der Waals surface area (Å²) in [6.45, 7) is 3.04. The molecule has 0 aliphatic carbocycles. The number of rotatable bonds is 5. The van der Waals surface area contributed by atoms with E-state index in [2.05, 4.69) is 4.98 Å². The van der Waals surface area contributed by atoms with Crippen LogP contribution in [0.1, 0.15) is 35.2 Å². The van der Waals surface area contributed by atoms with Gasteiger partial charge in [-0.3, -0.25) is 9.59 Å². The SMILES string of the molecule is CCN(C(=O)[C@H]1CCN(C(=O)c2ccc(OC)cc2)c2ccccc21)c1cccc2[nH]ccc12. The van der Waals surface area contributed by atoms with E-state index in [-0.39, 0.29) is 17.7 Å².